The Balaban J connectivity index is 2.37. The standard InChI is InChI=1S/C14H17ClF3NO3S/c1-13(8-20)6-2-3-12(13)19-23(21,22)11-7-9(14(16,17)18)4-5-10(11)15/h4-5,7,12,19-20H,2-3,6,8H2,1H3/t12-,13+/m1/s1. The van der Waals surface area contributed by atoms with E-state index in [2.05, 4.69) is 4.72 Å². The van der Waals surface area contributed by atoms with Crippen LogP contribution in [0, 0.1) is 5.41 Å². The van der Waals surface area contributed by atoms with Crippen molar-refractivity contribution in [2.75, 3.05) is 6.61 Å². The molecule has 1 aliphatic rings. The van der Waals surface area contributed by atoms with E-state index in [1.54, 1.807) is 6.92 Å². The average molecular weight is 372 g/mol. The fourth-order valence-electron chi connectivity index (χ4n) is 2.76. The molecule has 0 saturated heterocycles. The number of aliphatic hydroxyl groups is 1. The van der Waals surface area contributed by atoms with Gasteiger partial charge in [-0.05, 0) is 31.0 Å². The molecule has 1 saturated carbocycles. The molecule has 2 atom stereocenters. The topological polar surface area (TPSA) is 66.4 Å². The molecule has 1 aromatic carbocycles. The van der Waals surface area contributed by atoms with Gasteiger partial charge in [-0.2, -0.15) is 13.2 Å². The van der Waals surface area contributed by atoms with Gasteiger partial charge in [0.25, 0.3) is 0 Å². The van der Waals surface area contributed by atoms with Crippen molar-refractivity contribution in [3.63, 3.8) is 0 Å². The first-order valence-electron chi connectivity index (χ1n) is 6.99. The second-order valence-electron chi connectivity index (χ2n) is 6.02. The number of nitrogens with one attached hydrogen (secondary N) is 1. The number of aliphatic hydroxyl groups excluding tert-OH is 1. The summed E-state index contributed by atoms with van der Waals surface area (Å²) >= 11 is 5.79. The minimum atomic E-state index is -4.66. The van der Waals surface area contributed by atoms with Gasteiger partial charge in [0.2, 0.25) is 10.0 Å². The summed E-state index contributed by atoms with van der Waals surface area (Å²) in [4.78, 5) is -0.610. The second kappa shape index (κ2) is 6.23. The predicted molar refractivity (Wildman–Crippen MR) is 79.6 cm³/mol. The first kappa shape index (κ1) is 18.5. The molecule has 0 aromatic heterocycles. The second-order valence-corrected chi connectivity index (χ2v) is 8.11. The highest BCUT2D eigenvalue weighted by Crippen LogP contribution is 2.39. The van der Waals surface area contributed by atoms with Crippen LogP contribution in [0.1, 0.15) is 31.7 Å². The molecule has 0 heterocycles. The number of hydrogen-bond donors (Lipinski definition) is 2. The van der Waals surface area contributed by atoms with E-state index in [1.165, 1.54) is 0 Å². The van der Waals surface area contributed by atoms with Gasteiger partial charge in [0, 0.05) is 18.1 Å². The molecule has 0 unspecified atom stereocenters. The fourth-order valence-corrected chi connectivity index (χ4v) is 4.69. The summed E-state index contributed by atoms with van der Waals surface area (Å²) in [7, 11) is -4.23. The lowest BCUT2D eigenvalue weighted by molar-refractivity contribution is -0.137. The molecule has 130 valence electrons. The molecule has 2 N–H and O–H groups in total. The van der Waals surface area contributed by atoms with Crippen molar-refractivity contribution < 1.29 is 26.7 Å². The Hall–Kier alpha value is -0.830. The van der Waals surface area contributed by atoms with E-state index in [4.69, 9.17) is 11.6 Å². The highest BCUT2D eigenvalue weighted by molar-refractivity contribution is 7.89. The summed E-state index contributed by atoms with van der Waals surface area (Å²) in [6, 6.07) is 1.62. The zero-order chi connectivity index (χ0) is 17.5. The van der Waals surface area contributed by atoms with Crippen LogP contribution in [0.3, 0.4) is 0 Å². The van der Waals surface area contributed by atoms with Crippen molar-refractivity contribution in [2.45, 2.75) is 43.3 Å². The maximum atomic E-state index is 12.8. The van der Waals surface area contributed by atoms with Gasteiger partial charge in [0.05, 0.1) is 10.6 Å². The Morgan fingerprint density at radius 1 is 1.43 bits per heavy atom. The lowest BCUT2D eigenvalue weighted by Gasteiger charge is -2.30. The van der Waals surface area contributed by atoms with Gasteiger partial charge in [-0.1, -0.05) is 24.9 Å². The largest absolute Gasteiger partial charge is 0.416 e. The van der Waals surface area contributed by atoms with Gasteiger partial charge in [0.1, 0.15) is 4.90 Å². The van der Waals surface area contributed by atoms with Gasteiger partial charge in [-0.25, -0.2) is 13.1 Å². The van der Waals surface area contributed by atoms with Gasteiger partial charge in [0.15, 0.2) is 0 Å². The summed E-state index contributed by atoms with van der Waals surface area (Å²) in [5, 5.41) is 9.18. The van der Waals surface area contributed by atoms with Crippen LogP contribution in [0.15, 0.2) is 23.1 Å². The summed E-state index contributed by atoms with van der Waals surface area (Å²) < 4.78 is 65.6. The lowest BCUT2D eigenvalue weighted by atomic mass is 9.86. The maximum absolute atomic E-state index is 12.8. The normalized spacial score (nSPS) is 25.7. The van der Waals surface area contributed by atoms with Crippen LogP contribution in [0.25, 0.3) is 0 Å². The summed E-state index contributed by atoms with van der Waals surface area (Å²) in [6.45, 7) is 1.53. The monoisotopic (exact) mass is 371 g/mol. The van der Waals surface area contributed by atoms with Crippen LogP contribution in [-0.2, 0) is 16.2 Å². The molecule has 4 nitrogen and oxygen atoms in total. The summed E-state index contributed by atoms with van der Waals surface area (Å²) in [5.74, 6) is 0. The smallest absolute Gasteiger partial charge is 0.396 e. The number of alkyl halides is 3. The average Bonchev–Trinajstić information content (AvgIpc) is 2.79. The Kier molecular flexibility index (Phi) is 5.02. The molecule has 2 rings (SSSR count). The van der Waals surface area contributed by atoms with Gasteiger partial charge < -0.3 is 5.11 Å². The van der Waals surface area contributed by atoms with Crippen molar-refractivity contribution in [1.82, 2.24) is 4.72 Å². The SMILES string of the molecule is C[C@@]1(CO)CCC[C@H]1NS(=O)(=O)c1cc(C(F)(F)F)ccc1Cl. The van der Waals surface area contributed by atoms with E-state index in [0.717, 1.165) is 18.6 Å². The summed E-state index contributed by atoms with van der Waals surface area (Å²) in [5.41, 5.74) is -1.72. The third-order valence-electron chi connectivity index (χ3n) is 4.29. The van der Waals surface area contributed by atoms with Gasteiger partial charge in [-0.15, -0.1) is 0 Å². The Labute approximate surface area is 137 Å². The van der Waals surface area contributed by atoms with Crippen molar-refractivity contribution in [3.05, 3.63) is 28.8 Å². The zero-order valence-corrected chi connectivity index (χ0v) is 13.9. The molecular weight excluding hydrogens is 355 g/mol. The van der Waals surface area contributed by atoms with E-state index in [0.29, 0.717) is 18.9 Å². The Morgan fingerprint density at radius 3 is 2.65 bits per heavy atom. The van der Waals surface area contributed by atoms with Gasteiger partial charge >= 0.3 is 6.18 Å². The molecule has 0 radical (unpaired) electrons. The first-order chi connectivity index (χ1) is 10.5. The third-order valence-corrected chi connectivity index (χ3v) is 6.24. The lowest BCUT2D eigenvalue weighted by Crippen LogP contribution is -2.44. The molecule has 1 aliphatic carbocycles. The number of rotatable bonds is 4. The quantitative estimate of drug-likeness (QED) is 0.854. The number of sulfonamides is 1. The molecule has 0 amide bonds. The molecule has 1 aromatic rings. The summed E-state index contributed by atoms with van der Waals surface area (Å²) in [6.07, 6.45) is -2.80. The molecule has 23 heavy (non-hydrogen) atoms. The van der Waals surface area contributed by atoms with E-state index in [-0.39, 0.29) is 11.6 Å². The van der Waals surface area contributed by atoms with Crippen molar-refractivity contribution in [3.8, 4) is 0 Å². The molecule has 0 spiro atoms. The van der Waals surface area contributed by atoms with Crippen molar-refractivity contribution in [2.24, 2.45) is 5.41 Å². The highest BCUT2D eigenvalue weighted by atomic mass is 35.5. The van der Waals surface area contributed by atoms with Crippen LogP contribution in [0.2, 0.25) is 5.02 Å². The van der Waals surface area contributed by atoms with Crippen molar-refractivity contribution >= 4 is 21.6 Å². The molecule has 9 heteroatoms. The van der Waals surface area contributed by atoms with Gasteiger partial charge in [-0.3, -0.25) is 0 Å². The number of halogens is 4. The van der Waals surface area contributed by atoms with Crippen LogP contribution in [-0.4, -0.2) is 26.2 Å². The highest BCUT2D eigenvalue weighted by Gasteiger charge is 2.41. The van der Waals surface area contributed by atoms with E-state index >= 15 is 0 Å². The van der Waals surface area contributed by atoms with E-state index in [9.17, 15) is 26.7 Å². The minimum absolute atomic E-state index is 0.212. The third kappa shape index (κ3) is 3.81. The number of benzene rings is 1. The van der Waals surface area contributed by atoms with E-state index in [1.807, 2.05) is 0 Å². The molecule has 0 aliphatic heterocycles. The molecular formula is C14H17ClF3NO3S. The number of hydrogen-bond acceptors (Lipinski definition) is 3. The maximum Gasteiger partial charge on any atom is 0.416 e. The van der Waals surface area contributed by atoms with Crippen LogP contribution in [0.4, 0.5) is 13.2 Å². The molecule has 1 fully saturated rings. The fraction of sp³-hybridized carbons (Fsp3) is 0.571. The Bertz CT molecular complexity index is 693. The minimum Gasteiger partial charge on any atom is -0.396 e. The predicted octanol–water partition coefficient (Wildman–Crippen LogP) is 3.19. The van der Waals surface area contributed by atoms with Crippen molar-refractivity contribution in [1.29, 1.82) is 0 Å². The molecule has 0 bridgehead atoms. The zero-order valence-electron chi connectivity index (χ0n) is 12.3. The first-order valence-corrected chi connectivity index (χ1v) is 8.86. The van der Waals surface area contributed by atoms with Crippen LogP contribution in [0.5, 0.6) is 0 Å². The van der Waals surface area contributed by atoms with Crippen LogP contribution < -0.4 is 4.72 Å². The van der Waals surface area contributed by atoms with Crippen LogP contribution >= 0.6 is 11.6 Å². The Morgan fingerprint density at radius 2 is 2.09 bits per heavy atom. The van der Waals surface area contributed by atoms with E-state index < -0.39 is 38.1 Å².